The van der Waals surface area contributed by atoms with Crippen molar-refractivity contribution in [2.45, 2.75) is 39.9 Å². The first-order valence-corrected chi connectivity index (χ1v) is 8.93. The normalized spacial score (nSPS) is 11.4. The van der Waals surface area contributed by atoms with E-state index in [4.69, 9.17) is 0 Å². The molecule has 2 nitrogen and oxygen atoms in total. The highest BCUT2D eigenvalue weighted by atomic mass is 32.1. The Morgan fingerprint density at radius 1 is 1.30 bits per heavy atom. The lowest BCUT2D eigenvalue weighted by Crippen LogP contribution is -2.17. The molecule has 0 unspecified atom stereocenters. The molecule has 0 aromatic carbocycles. The summed E-state index contributed by atoms with van der Waals surface area (Å²) in [6, 6.07) is 4.58. The first-order chi connectivity index (χ1) is 9.69. The van der Waals surface area contributed by atoms with E-state index in [1.807, 2.05) is 11.3 Å². The van der Waals surface area contributed by atoms with E-state index in [0.29, 0.717) is 0 Å². The Morgan fingerprint density at radius 2 is 2.15 bits per heavy atom. The standard InChI is InChI=1S/C16H24N2S2/c1-4-6-17-9-16-8-15(13(2)20-16)11-18(3)10-14-5-7-19-12-14/h5,7-8,12,17H,4,6,9-11H2,1-3H3. The van der Waals surface area contributed by atoms with E-state index >= 15 is 0 Å². The van der Waals surface area contributed by atoms with Crippen molar-refractivity contribution in [2.24, 2.45) is 0 Å². The van der Waals surface area contributed by atoms with Gasteiger partial charge in [-0.25, -0.2) is 0 Å². The van der Waals surface area contributed by atoms with Gasteiger partial charge in [-0.05, 0) is 61.0 Å². The maximum absolute atomic E-state index is 3.48. The summed E-state index contributed by atoms with van der Waals surface area (Å²) < 4.78 is 0. The summed E-state index contributed by atoms with van der Waals surface area (Å²) in [5, 5.41) is 7.86. The van der Waals surface area contributed by atoms with Crippen molar-refractivity contribution in [3.63, 3.8) is 0 Å². The van der Waals surface area contributed by atoms with E-state index in [9.17, 15) is 0 Å². The Labute approximate surface area is 130 Å². The second-order valence-electron chi connectivity index (χ2n) is 5.27. The van der Waals surface area contributed by atoms with E-state index < -0.39 is 0 Å². The van der Waals surface area contributed by atoms with Gasteiger partial charge in [-0.15, -0.1) is 11.3 Å². The quantitative estimate of drug-likeness (QED) is 0.733. The number of hydrogen-bond acceptors (Lipinski definition) is 4. The number of nitrogens with zero attached hydrogens (tertiary/aromatic N) is 1. The summed E-state index contributed by atoms with van der Waals surface area (Å²) in [6.45, 7) is 8.62. The van der Waals surface area contributed by atoms with E-state index in [2.05, 4.69) is 54.0 Å². The fraction of sp³-hybridized carbons (Fsp3) is 0.500. The first kappa shape index (κ1) is 15.7. The number of aryl methyl sites for hydroxylation is 1. The summed E-state index contributed by atoms with van der Waals surface area (Å²) in [5.41, 5.74) is 2.89. The number of hydrogen-bond donors (Lipinski definition) is 1. The smallest absolute Gasteiger partial charge is 0.0299 e. The van der Waals surface area contributed by atoms with Gasteiger partial charge in [0.25, 0.3) is 0 Å². The van der Waals surface area contributed by atoms with E-state index in [1.165, 1.54) is 27.3 Å². The maximum Gasteiger partial charge on any atom is 0.0299 e. The summed E-state index contributed by atoms with van der Waals surface area (Å²) in [6.07, 6.45) is 1.20. The van der Waals surface area contributed by atoms with Crippen LogP contribution < -0.4 is 5.32 Å². The zero-order chi connectivity index (χ0) is 14.4. The molecule has 110 valence electrons. The molecule has 2 heterocycles. The summed E-state index contributed by atoms with van der Waals surface area (Å²) >= 11 is 3.70. The van der Waals surface area contributed by atoms with E-state index in [0.717, 1.165) is 26.2 Å². The van der Waals surface area contributed by atoms with Crippen LogP contribution in [0, 0.1) is 6.92 Å². The molecule has 0 spiro atoms. The summed E-state index contributed by atoms with van der Waals surface area (Å²) in [5.74, 6) is 0. The predicted molar refractivity (Wildman–Crippen MR) is 90.5 cm³/mol. The highest BCUT2D eigenvalue weighted by molar-refractivity contribution is 7.12. The zero-order valence-corrected chi connectivity index (χ0v) is 14.2. The molecule has 2 aromatic heterocycles. The van der Waals surface area contributed by atoms with Crippen molar-refractivity contribution in [3.8, 4) is 0 Å². The molecule has 2 aromatic rings. The third-order valence-corrected chi connectivity index (χ3v) is 5.10. The summed E-state index contributed by atoms with van der Waals surface area (Å²) in [7, 11) is 2.20. The molecule has 0 aliphatic rings. The minimum absolute atomic E-state index is 1.01. The van der Waals surface area contributed by atoms with Gasteiger partial charge in [-0.2, -0.15) is 11.3 Å². The molecule has 0 atom stereocenters. The second-order valence-corrected chi connectivity index (χ2v) is 7.40. The number of rotatable bonds is 8. The number of nitrogens with one attached hydrogen (secondary N) is 1. The van der Waals surface area contributed by atoms with Crippen LogP contribution in [0.2, 0.25) is 0 Å². The molecule has 2 rings (SSSR count). The Bertz CT molecular complexity index is 503. The van der Waals surface area contributed by atoms with Gasteiger partial charge in [0.15, 0.2) is 0 Å². The lowest BCUT2D eigenvalue weighted by molar-refractivity contribution is 0.319. The van der Waals surface area contributed by atoms with Crippen molar-refractivity contribution < 1.29 is 0 Å². The Kier molecular flexibility index (Phi) is 6.23. The molecule has 1 N–H and O–H groups in total. The van der Waals surface area contributed by atoms with Crippen LogP contribution >= 0.6 is 22.7 Å². The molecule has 0 radical (unpaired) electrons. The minimum Gasteiger partial charge on any atom is -0.312 e. The lowest BCUT2D eigenvalue weighted by atomic mass is 10.2. The molecule has 0 saturated heterocycles. The topological polar surface area (TPSA) is 15.3 Å². The van der Waals surface area contributed by atoms with Crippen LogP contribution in [0.1, 0.15) is 34.2 Å². The van der Waals surface area contributed by atoms with Gasteiger partial charge in [0.1, 0.15) is 0 Å². The molecule has 0 saturated carbocycles. The fourth-order valence-electron chi connectivity index (χ4n) is 2.26. The average Bonchev–Trinajstić information content (AvgIpc) is 3.01. The third kappa shape index (κ3) is 4.70. The predicted octanol–water partition coefficient (Wildman–Crippen LogP) is 4.25. The van der Waals surface area contributed by atoms with Crippen LogP contribution in [0.15, 0.2) is 22.9 Å². The van der Waals surface area contributed by atoms with Crippen LogP contribution in [0.5, 0.6) is 0 Å². The molecular weight excluding hydrogens is 284 g/mol. The van der Waals surface area contributed by atoms with E-state index in [-0.39, 0.29) is 0 Å². The molecule has 0 aliphatic heterocycles. The Morgan fingerprint density at radius 3 is 2.85 bits per heavy atom. The molecule has 0 bridgehead atoms. The zero-order valence-electron chi connectivity index (χ0n) is 12.6. The lowest BCUT2D eigenvalue weighted by Gasteiger charge is -2.15. The van der Waals surface area contributed by atoms with Gasteiger partial charge >= 0.3 is 0 Å². The van der Waals surface area contributed by atoms with Gasteiger partial charge in [-0.3, -0.25) is 4.90 Å². The van der Waals surface area contributed by atoms with Crippen LogP contribution in [0.25, 0.3) is 0 Å². The number of thiophene rings is 2. The minimum atomic E-state index is 1.01. The molecule has 20 heavy (non-hydrogen) atoms. The first-order valence-electron chi connectivity index (χ1n) is 7.17. The Hall–Kier alpha value is -0.680. The summed E-state index contributed by atoms with van der Waals surface area (Å²) in [4.78, 5) is 5.30. The molecule has 0 fully saturated rings. The van der Waals surface area contributed by atoms with Gasteiger partial charge in [0, 0.05) is 29.4 Å². The van der Waals surface area contributed by atoms with Gasteiger partial charge < -0.3 is 5.32 Å². The van der Waals surface area contributed by atoms with Gasteiger partial charge in [-0.1, -0.05) is 6.92 Å². The van der Waals surface area contributed by atoms with Crippen LogP contribution in [0.4, 0.5) is 0 Å². The average molecular weight is 309 g/mol. The van der Waals surface area contributed by atoms with Gasteiger partial charge in [0.2, 0.25) is 0 Å². The third-order valence-electron chi connectivity index (χ3n) is 3.27. The molecule has 0 amide bonds. The monoisotopic (exact) mass is 308 g/mol. The van der Waals surface area contributed by atoms with Crippen molar-refractivity contribution in [3.05, 3.63) is 43.8 Å². The fourth-order valence-corrected chi connectivity index (χ4v) is 3.94. The van der Waals surface area contributed by atoms with Crippen molar-refractivity contribution >= 4 is 22.7 Å². The second kappa shape index (κ2) is 7.93. The Balaban J connectivity index is 1.88. The van der Waals surface area contributed by atoms with Crippen LogP contribution in [-0.4, -0.2) is 18.5 Å². The maximum atomic E-state index is 3.48. The van der Waals surface area contributed by atoms with Crippen molar-refractivity contribution in [2.75, 3.05) is 13.6 Å². The van der Waals surface area contributed by atoms with Crippen molar-refractivity contribution in [1.29, 1.82) is 0 Å². The largest absolute Gasteiger partial charge is 0.312 e. The highest BCUT2D eigenvalue weighted by Crippen LogP contribution is 2.23. The van der Waals surface area contributed by atoms with E-state index in [1.54, 1.807) is 11.3 Å². The SMILES string of the molecule is CCCNCc1cc(CN(C)Cc2ccsc2)c(C)s1. The van der Waals surface area contributed by atoms with Crippen molar-refractivity contribution in [1.82, 2.24) is 10.2 Å². The molecule has 4 heteroatoms. The molecular formula is C16H24N2S2. The van der Waals surface area contributed by atoms with Gasteiger partial charge in [0.05, 0.1) is 0 Å². The molecule has 0 aliphatic carbocycles. The highest BCUT2D eigenvalue weighted by Gasteiger charge is 2.08. The van der Waals surface area contributed by atoms with Crippen LogP contribution in [0.3, 0.4) is 0 Å². The van der Waals surface area contributed by atoms with Crippen LogP contribution in [-0.2, 0) is 19.6 Å².